The molecular formula is C24H30N2O5. The first kappa shape index (κ1) is 23.9. The Balaban J connectivity index is 1.93. The first-order chi connectivity index (χ1) is 14.7. The molecule has 0 saturated carbocycles. The number of benzene rings is 2. The summed E-state index contributed by atoms with van der Waals surface area (Å²) >= 11 is 0. The minimum atomic E-state index is -0.882. The summed E-state index contributed by atoms with van der Waals surface area (Å²) in [4.78, 5) is 37.2. The Morgan fingerprint density at radius 2 is 1.68 bits per heavy atom. The van der Waals surface area contributed by atoms with E-state index in [1.54, 1.807) is 44.2 Å². The van der Waals surface area contributed by atoms with Gasteiger partial charge in [-0.1, -0.05) is 31.5 Å². The highest BCUT2D eigenvalue weighted by Crippen LogP contribution is 2.16. The van der Waals surface area contributed by atoms with Crippen molar-refractivity contribution < 1.29 is 23.9 Å². The van der Waals surface area contributed by atoms with Gasteiger partial charge in [-0.05, 0) is 62.6 Å². The highest BCUT2D eigenvalue weighted by Gasteiger charge is 2.27. The monoisotopic (exact) mass is 426 g/mol. The zero-order chi connectivity index (χ0) is 23.0. The van der Waals surface area contributed by atoms with Crippen LogP contribution in [0.5, 0.6) is 5.75 Å². The summed E-state index contributed by atoms with van der Waals surface area (Å²) in [6, 6.07) is 11.4. The molecule has 0 fully saturated rings. The van der Waals surface area contributed by atoms with Gasteiger partial charge in [0.25, 0.3) is 11.8 Å². The van der Waals surface area contributed by atoms with Gasteiger partial charge < -0.3 is 20.1 Å². The lowest BCUT2D eigenvalue weighted by Crippen LogP contribution is -2.45. The van der Waals surface area contributed by atoms with E-state index in [1.165, 1.54) is 0 Å². The lowest BCUT2D eigenvalue weighted by atomic mass is 10.0. The van der Waals surface area contributed by atoms with Crippen LogP contribution in [0.4, 0.5) is 5.69 Å². The number of carbonyl (C=O) groups excluding carboxylic acids is 3. The predicted molar refractivity (Wildman–Crippen MR) is 119 cm³/mol. The van der Waals surface area contributed by atoms with Gasteiger partial charge in [-0.15, -0.1) is 0 Å². The van der Waals surface area contributed by atoms with E-state index in [9.17, 15) is 14.4 Å². The number of ether oxygens (including phenoxy) is 2. The van der Waals surface area contributed by atoms with Crippen molar-refractivity contribution in [3.63, 3.8) is 0 Å². The third-order valence-corrected chi connectivity index (χ3v) is 4.64. The zero-order valence-electron chi connectivity index (χ0n) is 18.7. The molecule has 0 aliphatic heterocycles. The number of rotatable bonds is 9. The molecule has 0 aromatic heterocycles. The fraction of sp³-hybridized carbons (Fsp3) is 0.375. The Bertz CT molecular complexity index is 922. The smallest absolute Gasteiger partial charge is 0.329 e. The van der Waals surface area contributed by atoms with E-state index in [4.69, 9.17) is 9.47 Å². The van der Waals surface area contributed by atoms with Crippen LogP contribution in [0, 0.1) is 19.8 Å². The van der Waals surface area contributed by atoms with Crippen LogP contribution in [-0.2, 0) is 14.3 Å². The van der Waals surface area contributed by atoms with Gasteiger partial charge >= 0.3 is 5.97 Å². The summed E-state index contributed by atoms with van der Waals surface area (Å²) < 4.78 is 10.5. The Morgan fingerprint density at radius 1 is 1.00 bits per heavy atom. The minimum Gasteiger partial charge on any atom is -0.494 e. The van der Waals surface area contributed by atoms with Crippen LogP contribution in [-0.4, -0.2) is 37.0 Å². The van der Waals surface area contributed by atoms with Crippen molar-refractivity contribution in [1.29, 1.82) is 0 Å². The molecule has 166 valence electrons. The fourth-order valence-corrected chi connectivity index (χ4v) is 2.96. The summed E-state index contributed by atoms with van der Waals surface area (Å²) in [6.07, 6.45) is 0. The average Bonchev–Trinajstić information content (AvgIpc) is 2.72. The minimum absolute atomic E-state index is 0.221. The molecule has 31 heavy (non-hydrogen) atoms. The van der Waals surface area contributed by atoms with Gasteiger partial charge in [0.05, 0.1) is 6.61 Å². The molecule has 2 aromatic carbocycles. The van der Waals surface area contributed by atoms with E-state index in [-0.39, 0.29) is 5.92 Å². The SMILES string of the molecule is CCOc1ccc(C(=O)N[C@H](C(=O)OCC(=O)Nc2ccc(C)cc2C)C(C)C)cc1. The van der Waals surface area contributed by atoms with Crippen LogP contribution in [0.3, 0.4) is 0 Å². The van der Waals surface area contributed by atoms with Gasteiger partial charge in [0.15, 0.2) is 6.61 Å². The normalized spacial score (nSPS) is 11.5. The Morgan fingerprint density at radius 3 is 2.26 bits per heavy atom. The number of esters is 1. The standard InChI is InChI=1S/C24H30N2O5/c1-6-30-19-10-8-18(9-11-19)23(28)26-22(15(2)3)24(29)31-14-21(27)25-20-12-7-16(4)13-17(20)5/h7-13,15,22H,6,14H2,1-5H3,(H,25,27)(H,26,28)/t22-/m0/s1. The Kier molecular flexibility index (Phi) is 8.61. The molecule has 0 heterocycles. The molecule has 0 spiro atoms. The number of aryl methyl sites for hydroxylation is 2. The molecule has 0 aliphatic rings. The van der Waals surface area contributed by atoms with Crippen molar-refractivity contribution in [2.45, 2.75) is 40.7 Å². The molecule has 0 unspecified atom stereocenters. The third-order valence-electron chi connectivity index (χ3n) is 4.64. The lowest BCUT2D eigenvalue weighted by Gasteiger charge is -2.21. The molecule has 1 atom stereocenters. The molecule has 2 rings (SSSR count). The van der Waals surface area contributed by atoms with Gasteiger partial charge in [-0.3, -0.25) is 9.59 Å². The summed E-state index contributed by atoms with van der Waals surface area (Å²) in [7, 11) is 0. The maximum atomic E-state index is 12.5. The van der Waals surface area contributed by atoms with Crippen LogP contribution in [0.1, 0.15) is 42.3 Å². The number of amides is 2. The van der Waals surface area contributed by atoms with Gasteiger partial charge in [0.2, 0.25) is 0 Å². The molecule has 2 N–H and O–H groups in total. The van der Waals surface area contributed by atoms with Crippen molar-refractivity contribution in [1.82, 2.24) is 5.32 Å². The second-order valence-electron chi connectivity index (χ2n) is 7.63. The summed E-state index contributed by atoms with van der Waals surface area (Å²) in [5, 5.41) is 5.41. The molecule has 2 amide bonds. The summed E-state index contributed by atoms with van der Waals surface area (Å²) in [6.45, 7) is 9.41. The lowest BCUT2D eigenvalue weighted by molar-refractivity contribution is -0.150. The summed E-state index contributed by atoms with van der Waals surface area (Å²) in [5.41, 5.74) is 3.07. The van der Waals surface area contributed by atoms with Gasteiger partial charge in [-0.25, -0.2) is 4.79 Å². The maximum absolute atomic E-state index is 12.5. The topological polar surface area (TPSA) is 93.7 Å². The van der Waals surface area contributed by atoms with E-state index >= 15 is 0 Å². The van der Waals surface area contributed by atoms with Crippen LogP contribution in [0.2, 0.25) is 0 Å². The van der Waals surface area contributed by atoms with E-state index in [0.29, 0.717) is 23.6 Å². The molecule has 0 bridgehead atoms. The van der Waals surface area contributed by atoms with Crippen LogP contribution < -0.4 is 15.4 Å². The second kappa shape index (κ2) is 11.2. The third kappa shape index (κ3) is 7.13. The van der Waals surface area contributed by atoms with Crippen molar-refractivity contribution in [3.05, 3.63) is 59.2 Å². The molecule has 7 nitrogen and oxygen atoms in total. The van der Waals surface area contributed by atoms with Crippen molar-refractivity contribution in [2.75, 3.05) is 18.5 Å². The largest absolute Gasteiger partial charge is 0.494 e. The van der Waals surface area contributed by atoms with Crippen molar-refractivity contribution >= 4 is 23.5 Å². The van der Waals surface area contributed by atoms with Crippen LogP contribution >= 0.6 is 0 Å². The molecule has 0 saturated heterocycles. The van der Waals surface area contributed by atoms with Crippen molar-refractivity contribution in [2.24, 2.45) is 5.92 Å². The van der Waals surface area contributed by atoms with E-state index in [1.807, 2.05) is 32.9 Å². The number of hydrogen-bond acceptors (Lipinski definition) is 5. The number of anilines is 1. The van der Waals surface area contributed by atoms with Gasteiger partial charge in [0.1, 0.15) is 11.8 Å². The zero-order valence-corrected chi connectivity index (χ0v) is 18.7. The van der Waals surface area contributed by atoms with E-state index in [2.05, 4.69) is 10.6 Å². The molecule has 2 aromatic rings. The first-order valence-corrected chi connectivity index (χ1v) is 10.3. The highest BCUT2D eigenvalue weighted by molar-refractivity contribution is 5.97. The number of carbonyl (C=O) groups is 3. The van der Waals surface area contributed by atoms with Crippen LogP contribution in [0.25, 0.3) is 0 Å². The molecule has 0 radical (unpaired) electrons. The molecule has 0 aliphatic carbocycles. The maximum Gasteiger partial charge on any atom is 0.329 e. The van der Waals surface area contributed by atoms with Crippen molar-refractivity contribution in [3.8, 4) is 5.75 Å². The number of hydrogen-bond donors (Lipinski definition) is 2. The fourth-order valence-electron chi connectivity index (χ4n) is 2.96. The quantitative estimate of drug-likeness (QED) is 0.597. The number of nitrogens with one attached hydrogen (secondary N) is 2. The van der Waals surface area contributed by atoms with Gasteiger partial charge in [-0.2, -0.15) is 0 Å². The van der Waals surface area contributed by atoms with E-state index < -0.39 is 30.4 Å². The molecule has 7 heteroatoms. The van der Waals surface area contributed by atoms with Crippen LogP contribution in [0.15, 0.2) is 42.5 Å². The average molecular weight is 427 g/mol. The second-order valence-corrected chi connectivity index (χ2v) is 7.63. The Labute approximate surface area is 183 Å². The molecular weight excluding hydrogens is 396 g/mol. The predicted octanol–water partition coefficient (Wildman–Crippen LogP) is 3.64. The highest BCUT2D eigenvalue weighted by atomic mass is 16.5. The van der Waals surface area contributed by atoms with E-state index in [0.717, 1.165) is 11.1 Å². The van der Waals surface area contributed by atoms with Gasteiger partial charge in [0, 0.05) is 11.3 Å². The summed E-state index contributed by atoms with van der Waals surface area (Å²) in [5.74, 6) is -1.07. The Hall–Kier alpha value is -3.35. The first-order valence-electron chi connectivity index (χ1n) is 10.3.